The molecule has 0 saturated heterocycles. The summed E-state index contributed by atoms with van der Waals surface area (Å²) in [7, 11) is 0. The number of thiol groups is 2. The fourth-order valence-corrected chi connectivity index (χ4v) is 5.63. The van der Waals surface area contributed by atoms with Crippen molar-refractivity contribution in [3.63, 3.8) is 0 Å². The first-order valence-electron chi connectivity index (χ1n) is 17.4. The molecule has 0 aliphatic rings. The van der Waals surface area contributed by atoms with Gasteiger partial charge in [0.2, 0.25) is 0 Å². The maximum Gasteiger partial charge on any atom is 0.0583 e. The first kappa shape index (κ1) is 39.1. The zero-order chi connectivity index (χ0) is 28.5. The molecule has 0 saturated carbocycles. The van der Waals surface area contributed by atoms with E-state index in [0.717, 1.165) is 13.2 Å². The minimum atomic E-state index is 0.372. The highest BCUT2D eigenvalue weighted by atomic mass is 32.1. The Bertz CT molecular complexity index is 460. The molecule has 0 fully saturated rings. The maximum absolute atomic E-state index is 5.93. The fourth-order valence-electron chi connectivity index (χ4n) is 5.05. The molecule has 3 heteroatoms. The van der Waals surface area contributed by atoms with E-state index in [0.29, 0.717) is 10.5 Å². The molecule has 39 heavy (non-hydrogen) atoms. The van der Waals surface area contributed by atoms with Gasteiger partial charge in [0.1, 0.15) is 0 Å². The molecule has 0 aromatic heterocycles. The first-order valence-corrected chi connectivity index (χ1v) is 18.5. The highest BCUT2D eigenvalue weighted by Crippen LogP contribution is 2.15. The first-order chi connectivity index (χ1) is 19.2. The molecule has 0 radical (unpaired) electrons. The van der Waals surface area contributed by atoms with E-state index in [-0.39, 0.29) is 0 Å². The maximum atomic E-state index is 5.93. The summed E-state index contributed by atoms with van der Waals surface area (Å²) < 4.78 is 5.93. The zero-order valence-corrected chi connectivity index (χ0v) is 28.4. The summed E-state index contributed by atoms with van der Waals surface area (Å²) in [5.41, 5.74) is 0. The molecule has 0 rings (SSSR count). The van der Waals surface area contributed by atoms with E-state index in [4.69, 9.17) is 30.0 Å². The van der Waals surface area contributed by atoms with E-state index in [1.807, 2.05) is 0 Å². The van der Waals surface area contributed by atoms with Gasteiger partial charge in [0.05, 0.1) is 13.2 Å². The van der Waals surface area contributed by atoms with Crippen molar-refractivity contribution in [1.29, 1.82) is 0 Å². The lowest BCUT2D eigenvalue weighted by molar-refractivity contribution is 0.133. The Hall–Kier alpha value is 0.140. The van der Waals surface area contributed by atoms with Crippen LogP contribution in [0.15, 0.2) is 24.3 Å². The van der Waals surface area contributed by atoms with Gasteiger partial charge in [0.25, 0.3) is 0 Å². The molecule has 0 spiro atoms. The van der Waals surface area contributed by atoms with Gasteiger partial charge in [0, 0.05) is 10.5 Å². The summed E-state index contributed by atoms with van der Waals surface area (Å²) in [6, 6.07) is 0. The van der Waals surface area contributed by atoms with Gasteiger partial charge in [-0.05, 0) is 64.2 Å². The normalized spacial score (nSPS) is 13.6. The molecule has 0 N–H and O–H groups in total. The van der Waals surface area contributed by atoms with Gasteiger partial charge >= 0.3 is 0 Å². The predicted octanol–water partition coefficient (Wildman–Crippen LogP) is 12.9. The van der Waals surface area contributed by atoms with E-state index in [1.165, 1.54) is 167 Å². The second-order valence-corrected chi connectivity index (χ2v) is 13.3. The van der Waals surface area contributed by atoms with E-state index < -0.39 is 0 Å². The van der Waals surface area contributed by atoms with Crippen molar-refractivity contribution in [2.24, 2.45) is 0 Å². The number of unbranched alkanes of at least 4 members (excludes halogenated alkanes) is 20. The van der Waals surface area contributed by atoms with Crippen LogP contribution >= 0.6 is 25.3 Å². The Morgan fingerprint density at radius 3 is 1.03 bits per heavy atom. The van der Waals surface area contributed by atoms with Crippen LogP contribution in [0.5, 0.6) is 0 Å². The van der Waals surface area contributed by atoms with Crippen LogP contribution in [-0.4, -0.2) is 23.7 Å². The standard InChI is InChI=1S/C36H70OS2/c1-3-5-7-9-11-13-15-17-19-21-23-25-27-29-31-35(38)33-37-34-36(39)32-30-28-26-24-22-20-18-16-14-12-10-8-6-4-2/h17-20,35-36,38-39H,3-16,21-34H2,1-2H3/b19-17-,20-18-. The quantitative estimate of drug-likeness (QED) is 0.0455. The van der Waals surface area contributed by atoms with Crippen molar-refractivity contribution in [2.45, 2.75) is 191 Å². The minimum absolute atomic E-state index is 0.372. The molecule has 0 bridgehead atoms. The van der Waals surface area contributed by atoms with Crippen LogP contribution in [0, 0.1) is 0 Å². The number of ether oxygens (including phenoxy) is 1. The minimum Gasteiger partial charge on any atom is -0.379 e. The van der Waals surface area contributed by atoms with Crippen molar-refractivity contribution in [3.8, 4) is 0 Å². The van der Waals surface area contributed by atoms with E-state index in [9.17, 15) is 0 Å². The third-order valence-electron chi connectivity index (χ3n) is 7.72. The number of hydrogen-bond donors (Lipinski definition) is 2. The molecular weight excluding hydrogens is 513 g/mol. The van der Waals surface area contributed by atoms with E-state index >= 15 is 0 Å². The third kappa shape index (κ3) is 34.2. The summed E-state index contributed by atoms with van der Waals surface area (Å²) >= 11 is 9.49. The number of rotatable bonds is 32. The Kier molecular flexibility index (Phi) is 34.5. The molecule has 0 aliphatic heterocycles. The molecule has 1 nitrogen and oxygen atoms in total. The molecular formula is C36H70OS2. The Morgan fingerprint density at radius 2 is 0.692 bits per heavy atom. The summed E-state index contributed by atoms with van der Waals surface area (Å²) in [5, 5.41) is 0.744. The van der Waals surface area contributed by atoms with Crippen LogP contribution in [0.2, 0.25) is 0 Å². The van der Waals surface area contributed by atoms with Crippen molar-refractivity contribution in [2.75, 3.05) is 13.2 Å². The van der Waals surface area contributed by atoms with Gasteiger partial charge in [-0.15, -0.1) is 0 Å². The summed E-state index contributed by atoms with van der Waals surface area (Å²) in [4.78, 5) is 0. The van der Waals surface area contributed by atoms with Gasteiger partial charge in [-0.2, -0.15) is 25.3 Å². The molecule has 0 amide bonds. The molecule has 0 aromatic carbocycles. The molecule has 232 valence electrons. The summed E-state index contributed by atoms with van der Waals surface area (Å²) in [6.07, 6.45) is 44.3. The Morgan fingerprint density at radius 1 is 0.410 bits per heavy atom. The number of allylic oxidation sites excluding steroid dienone is 4. The van der Waals surface area contributed by atoms with Crippen LogP contribution in [0.3, 0.4) is 0 Å². The average Bonchev–Trinajstić information content (AvgIpc) is 2.93. The smallest absolute Gasteiger partial charge is 0.0583 e. The molecule has 0 heterocycles. The fraction of sp³-hybridized carbons (Fsp3) is 0.889. The molecule has 0 aliphatic carbocycles. The van der Waals surface area contributed by atoms with Crippen LogP contribution < -0.4 is 0 Å². The highest BCUT2D eigenvalue weighted by Gasteiger charge is 2.07. The number of hydrogen-bond acceptors (Lipinski definition) is 3. The van der Waals surface area contributed by atoms with Crippen LogP contribution in [0.4, 0.5) is 0 Å². The van der Waals surface area contributed by atoms with Gasteiger partial charge in [-0.3, -0.25) is 0 Å². The Labute approximate surface area is 258 Å². The topological polar surface area (TPSA) is 9.23 Å². The zero-order valence-electron chi connectivity index (χ0n) is 26.6. The SMILES string of the molecule is CCCCCCCC/C=C\CCCCCCC(S)COCC(S)CCCCCC/C=C\CCCCCCCC. The largest absolute Gasteiger partial charge is 0.379 e. The van der Waals surface area contributed by atoms with Crippen LogP contribution in [0.25, 0.3) is 0 Å². The van der Waals surface area contributed by atoms with E-state index in [1.54, 1.807) is 0 Å². The lowest BCUT2D eigenvalue weighted by Gasteiger charge is -2.14. The van der Waals surface area contributed by atoms with Crippen molar-refractivity contribution in [1.82, 2.24) is 0 Å². The predicted molar refractivity (Wildman–Crippen MR) is 186 cm³/mol. The van der Waals surface area contributed by atoms with Crippen LogP contribution in [0.1, 0.15) is 181 Å². The molecule has 0 aromatic rings. The summed E-state index contributed by atoms with van der Waals surface area (Å²) in [6.45, 7) is 6.11. The van der Waals surface area contributed by atoms with Gasteiger partial charge in [0.15, 0.2) is 0 Å². The lowest BCUT2D eigenvalue weighted by Crippen LogP contribution is -2.15. The van der Waals surface area contributed by atoms with Crippen LogP contribution in [-0.2, 0) is 4.74 Å². The summed E-state index contributed by atoms with van der Waals surface area (Å²) in [5.74, 6) is 0. The monoisotopic (exact) mass is 582 g/mol. The third-order valence-corrected chi connectivity index (χ3v) is 8.53. The lowest BCUT2D eigenvalue weighted by atomic mass is 10.1. The second-order valence-electron chi connectivity index (χ2n) is 11.9. The van der Waals surface area contributed by atoms with Crippen molar-refractivity contribution in [3.05, 3.63) is 24.3 Å². The van der Waals surface area contributed by atoms with Crippen molar-refractivity contribution < 1.29 is 4.74 Å². The highest BCUT2D eigenvalue weighted by molar-refractivity contribution is 7.81. The second kappa shape index (κ2) is 34.3. The van der Waals surface area contributed by atoms with Gasteiger partial charge in [-0.1, -0.05) is 141 Å². The molecule has 2 unspecified atom stereocenters. The van der Waals surface area contributed by atoms with Gasteiger partial charge in [-0.25, -0.2) is 0 Å². The van der Waals surface area contributed by atoms with E-state index in [2.05, 4.69) is 38.2 Å². The van der Waals surface area contributed by atoms with Gasteiger partial charge < -0.3 is 4.74 Å². The van der Waals surface area contributed by atoms with Crippen molar-refractivity contribution >= 4 is 25.3 Å². The Balaban J connectivity index is 3.35. The molecule has 2 atom stereocenters. The average molecular weight is 583 g/mol.